The Morgan fingerprint density at radius 3 is 2.65 bits per heavy atom. The van der Waals surface area contributed by atoms with Crippen molar-refractivity contribution in [3.05, 3.63) is 42.5 Å². The minimum atomic E-state index is -5.98. The topological polar surface area (TPSA) is 203 Å². The third kappa shape index (κ3) is 3.91. The van der Waals surface area contributed by atoms with Crippen molar-refractivity contribution < 1.29 is 47.6 Å². The van der Waals surface area contributed by atoms with Gasteiger partial charge in [-0.1, -0.05) is 12.1 Å². The van der Waals surface area contributed by atoms with E-state index in [0.29, 0.717) is 0 Å². The highest BCUT2D eigenvalue weighted by molar-refractivity contribution is 7.55. The van der Waals surface area contributed by atoms with E-state index in [4.69, 9.17) is 10.5 Å². The number of ketones is 1. The van der Waals surface area contributed by atoms with Crippen molar-refractivity contribution in [2.75, 3.05) is 12.3 Å². The van der Waals surface area contributed by atoms with Crippen LogP contribution >= 0.6 is 7.60 Å². The van der Waals surface area contributed by atoms with Gasteiger partial charge in [0.2, 0.25) is 5.78 Å². The molecule has 0 bridgehead atoms. The number of carbonyl (C=O) groups is 1. The quantitative estimate of drug-likeness (QED) is 0.221. The summed E-state index contributed by atoms with van der Waals surface area (Å²) < 4.78 is 52.4. The lowest BCUT2D eigenvalue weighted by molar-refractivity contribution is -0.0513. The van der Waals surface area contributed by atoms with E-state index in [1.165, 1.54) is 23.0 Å². The summed E-state index contributed by atoms with van der Waals surface area (Å²) in [5, 5.41) is 30.3. The molecule has 2 unspecified atom stereocenters. The van der Waals surface area contributed by atoms with Gasteiger partial charge in [0.25, 0.3) is 0 Å². The lowest BCUT2D eigenvalue weighted by Gasteiger charge is -2.23. The van der Waals surface area contributed by atoms with Crippen LogP contribution in [0.15, 0.2) is 36.9 Å². The number of halogens is 2. The molecule has 0 radical (unpaired) electrons. The molecule has 1 saturated heterocycles. The lowest BCUT2D eigenvalue weighted by Crippen LogP contribution is -2.35. The fourth-order valence-corrected chi connectivity index (χ4v) is 4.25. The number of anilines is 1. The van der Waals surface area contributed by atoms with Crippen molar-refractivity contribution in [3.63, 3.8) is 0 Å². The summed E-state index contributed by atoms with van der Waals surface area (Å²) in [4.78, 5) is 33.7. The van der Waals surface area contributed by atoms with Gasteiger partial charge >= 0.3 is 13.3 Å². The average Bonchev–Trinajstić information content (AvgIpc) is 3.34. The molecule has 34 heavy (non-hydrogen) atoms. The van der Waals surface area contributed by atoms with Gasteiger partial charge in [0.15, 0.2) is 17.7 Å². The Bertz CT molecular complexity index is 1290. The maximum Gasteiger partial charge on any atom is 0.407 e. The van der Waals surface area contributed by atoms with E-state index in [1.807, 2.05) is 0 Å². The Labute approximate surface area is 188 Å². The number of aliphatic hydroxyl groups is 2. The van der Waals surface area contributed by atoms with Gasteiger partial charge in [-0.25, -0.2) is 15.0 Å². The molecule has 3 heterocycles. The van der Waals surface area contributed by atoms with Crippen LogP contribution < -0.4 is 5.73 Å². The van der Waals surface area contributed by atoms with Crippen LogP contribution in [0.4, 0.5) is 14.6 Å². The number of imidazole rings is 1. The van der Waals surface area contributed by atoms with Crippen LogP contribution in [0.2, 0.25) is 0 Å². The second kappa shape index (κ2) is 8.61. The lowest BCUT2D eigenvalue weighted by atomic mass is 10.1. The number of ether oxygens (including phenoxy) is 1. The van der Waals surface area contributed by atoms with Gasteiger partial charge in [-0.05, 0) is 12.1 Å². The number of hydrogen-bond donors (Lipinski definition) is 5. The van der Waals surface area contributed by atoms with Gasteiger partial charge in [0.05, 0.1) is 18.5 Å². The van der Waals surface area contributed by atoms with E-state index < -0.39 is 61.5 Å². The predicted molar refractivity (Wildman–Crippen MR) is 109 cm³/mol. The summed E-state index contributed by atoms with van der Waals surface area (Å²) in [6, 6.07) is 4.25. The summed E-state index contributed by atoms with van der Waals surface area (Å²) in [5.41, 5.74) is 0.198. The van der Waals surface area contributed by atoms with E-state index in [1.54, 1.807) is 0 Å². The van der Waals surface area contributed by atoms with Crippen LogP contribution in [0.3, 0.4) is 0 Å². The number of aromatic hydroxyl groups is 1. The molecule has 13 nitrogen and oxygen atoms in total. The molecule has 0 amide bonds. The molecule has 1 fully saturated rings. The molecule has 16 heteroatoms. The Morgan fingerprint density at radius 2 is 1.94 bits per heavy atom. The second-order valence-corrected chi connectivity index (χ2v) is 9.19. The maximum atomic E-state index is 14.5. The molecule has 5 atom stereocenters. The molecule has 182 valence electrons. The number of alkyl halides is 2. The van der Waals surface area contributed by atoms with E-state index >= 15 is 0 Å². The largest absolute Gasteiger partial charge is 0.507 e. The number of rotatable bonds is 7. The predicted octanol–water partition coefficient (Wildman–Crippen LogP) is 0.411. The number of aromatic nitrogens is 4. The number of nitrogens with zero attached hydrogens (tertiary/aromatic N) is 4. The Kier molecular flexibility index (Phi) is 6.10. The highest BCUT2D eigenvalue weighted by Gasteiger charge is 2.59. The van der Waals surface area contributed by atoms with Crippen molar-refractivity contribution in [2.24, 2.45) is 0 Å². The fraction of sp³-hybridized carbons (Fsp3) is 0.333. The molecule has 3 aromatic rings. The van der Waals surface area contributed by atoms with Crippen molar-refractivity contribution in [2.45, 2.75) is 30.2 Å². The number of phenols is 1. The number of aliphatic hydroxyl groups excluding tert-OH is 2. The number of hydrogen-bond acceptors (Lipinski definition) is 11. The first-order valence-corrected chi connectivity index (χ1v) is 11.2. The van der Waals surface area contributed by atoms with Crippen molar-refractivity contribution >= 4 is 30.4 Å². The average molecular weight is 501 g/mol. The molecule has 2 aromatic heterocycles. The van der Waals surface area contributed by atoms with E-state index in [2.05, 4.69) is 19.5 Å². The van der Waals surface area contributed by atoms with Crippen LogP contribution in [-0.2, 0) is 13.8 Å². The molecule has 0 aliphatic carbocycles. The van der Waals surface area contributed by atoms with Gasteiger partial charge in [0.1, 0.15) is 35.9 Å². The van der Waals surface area contributed by atoms with Crippen LogP contribution in [0.1, 0.15) is 16.6 Å². The maximum absolute atomic E-state index is 14.5. The molecular formula is C18H18F2N5O8P. The first-order valence-electron chi connectivity index (χ1n) is 9.58. The number of para-hydroxylation sites is 1. The number of fused-ring (bicyclic) bond motifs is 1. The fourth-order valence-electron chi connectivity index (χ4n) is 3.36. The number of carbonyl (C=O) groups excluding carboxylic acids is 1. The summed E-state index contributed by atoms with van der Waals surface area (Å²) >= 11 is 0. The number of benzene rings is 1. The first-order chi connectivity index (χ1) is 16.0. The highest BCUT2D eigenvalue weighted by atomic mass is 31.2. The molecule has 1 aliphatic heterocycles. The monoisotopic (exact) mass is 501 g/mol. The van der Waals surface area contributed by atoms with Crippen molar-refractivity contribution in [3.8, 4) is 5.75 Å². The second-order valence-electron chi connectivity index (χ2n) is 7.33. The third-order valence-corrected chi connectivity index (χ3v) is 6.60. The van der Waals surface area contributed by atoms with Gasteiger partial charge < -0.3 is 35.2 Å². The molecule has 6 N–H and O–H groups in total. The van der Waals surface area contributed by atoms with Gasteiger partial charge in [-0.2, -0.15) is 8.78 Å². The minimum Gasteiger partial charge on any atom is -0.507 e. The highest BCUT2D eigenvalue weighted by Crippen LogP contribution is 2.59. The summed E-state index contributed by atoms with van der Waals surface area (Å²) in [6.45, 7) is -1.09. The Hall–Kier alpha value is -3.07. The third-order valence-electron chi connectivity index (χ3n) is 5.19. The summed E-state index contributed by atoms with van der Waals surface area (Å²) in [5.74, 6) is -2.91. The summed E-state index contributed by atoms with van der Waals surface area (Å²) in [7, 11) is -5.98. The van der Waals surface area contributed by atoms with Crippen molar-refractivity contribution in [1.29, 1.82) is 0 Å². The van der Waals surface area contributed by atoms with Crippen LogP contribution in [-0.4, -0.2) is 76.1 Å². The van der Waals surface area contributed by atoms with Gasteiger partial charge in [-0.15, -0.1) is 0 Å². The molecule has 1 aliphatic rings. The van der Waals surface area contributed by atoms with Gasteiger partial charge in [-0.3, -0.25) is 13.9 Å². The van der Waals surface area contributed by atoms with Crippen LogP contribution in [0.5, 0.6) is 5.75 Å². The Morgan fingerprint density at radius 1 is 1.24 bits per heavy atom. The molecule has 1 aromatic carbocycles. The first kappa shape index (κ1) is 24.1. The SMILES string of the molecule is Nc1ncnc2c1ncn2[C@@H]1O[C@H](COP(=O)(O)C(F)(F)C(=O)c2ccccc2O)C(O)[C@@H]1O. The summed E-state index contributed by atoms with van der Waals surface area (Å²) in [6.07, 6.45) is -3.93. The van der Waals surface area contributed by atoms with E-state index in [9.17, 15) is 38.4 Å². The molecule has 0 spiro atoms. The van der Waals surface area contributed by atoms with Crippen LogP contribution in [0.25, 0.3) is 11.2 Å². The zero-order valence-corrected chi connectivity index (χ0v) is 17.9. The standard InChI is InChI=1S/C18H18F2N5O8P/c19-18(20,14(29)8-3-1-2-4-9(8)26)34(30,31)32-5-10-12(27)13(28)17(33-10)25-7-24-11-15(21)22-6-23-16(11)25/h1-4,6-7,10,12-13,17,26-28H,5H2,(H,30,31)(H2,21,22,23)/t10-,12?,13+,17-/m1/s1. The van der Waals surface area contributed by atoms with E-state index in [-0.39, 0.29) is 17.0 Å². The van der Waals surface area contributed by atoms with Crippen LogP contribution in [0, 0.1) is 0 Å². The number of nitrogen functional groups attached to an aromatic ring is 1. The van der Waals surface area contributed by atoms with Crippen molar-refractivity contribution in [1.82, 2.24) is 19.5 Å². The smallest absolute Gasteiger partial charge is 0.407 e. The normalized spacial score (nSPS) is 24.9. The minimum absolute atomic E-state index is 0.0363. The zero-order chi connectivity index (χ0) is 24.8. The number of phenolic OH excluding ortho intramolecular Hbond substituents is 1. The molecular weight excluding hydrogens is 483 g/mol. The number of Topliss-reactive ketones (excluding diaryl/α,β-unsaturated/α-hetero) is 1. The zero-order valence-electron chi connectivity index (χ0n) is 17.0. The van der Waals surface area contributed by atoms with E-state index in [0.717, 1.165) is 18.5 Å². The molecule has 4 rings (SSSR count). The molecule has 0 saturated carbocycles. The van der Waals surface area contributed by atoms with Gasteiger partial charge in [0, 0.05) is 0 Å². The number of nitrogens with two attached hydrogens (primary N) is 1. The Balaban J connectivity index is 1.50.